The lowest BCUT2D eigenvalue weighted by atomic mass is 10.0. The Bertz CT molecular complexity index is 695. The van der Waals surface area contributed by atoms with E-state index in [1.54, 1.807) is 0 Å². The highest BCUT2D eigenvalue weighted by Gasteiger charge is 2.07. The van der Waals surface area contributed by atoms with Crippen LogP contribution in [0.1, 0.15) is 11.1 Å². The molecule has 3 aromatic rings. The Balaban J connectivity index is 2.08. The molecule has 2 nitrogen and oxygen atoms in total. The number of aryl methyl sites for hydroxylation is 1. The Morgan fingerprint density at radius 2 is 1.67 bits per heavy atom. The van der Waals surface area contributed by atoms with Crippen molar-refractivity contribution in [1.29, 1.82) is 0 Å². The highest BCUT2D eigenvalue weighted by Crippen LogP contribution is 2.24. The molecule has 0 atom stereocenters. The van der Waals surface area contributed by atoms with E-state index in [1.165, 1.54) is 22.0 Å². The van der Waals surface area contributed by atoms with Crippen LogP contribution in [-0.4, -0.2) is 4.57 Å². The molecule has 0 saturated heterocycles. The van der Waals surface area contributed by atoms with Crippen molar-refractivity contribution in [1.82, 2.24) is 4.57 Å². The van der Waals surface area contributed by atoms with Gasteiger partial charge in [-0.2, -0.15) is 0 Å². The molecule has 0 radical (unpaired) electrons. The standard InChI is InChI=1S/C16H16N2/c1-18-11-13(14-7-3-5-9-16(14)18)10-12-6-2-4-8-15(12)17/h2-9,11H,10,17H2,1H3. The molecule has 0 aliphatic heterocycles. The monoisotopic (exact) mass is 236 g/mol. The number of fused-ring (bicyclic) bond motifs is 1. The normalized spacial score (nSPS) is 10.9. The largest absolute Gasteiger partial charge is 0.398 e. The summed E-state index contributed by atoms with van der Waals surface area (Å²) in [6.45, 7) is 0. The van der Waals surface area contributed by atoms with E-state index in [1.807, 2.05) is 18.2 Å². The summed E-state index contributed by atoms with van der Waals surface area (Å²) in [5.41, 5.74) is 10.7. The zero-order chi connectivity index (χ0) is 12.5. The molecule has 0 aliphatic carbocycles. The zero-order valence-electron chi connectivity index (χ0n) is 10.4. The molecule has 1 heterocycles. The molecule has 3 rings (SSSR count). The molecule has 2 N–H and O–H groups in total. The van der Waals surface area contributed by atoms with Crippen molar-refractivity contribution < 1.29 is 0 Å². The van der Waals surface area contributed by atoms with E-state index < -0.39 is 0 Å². The number of nitrogens with zero attached hydrogens (tertiary/aromatic N) is 1. The smallest absolute Gasteiger partial charge is 0.0480 e. The minimum absolute atomic E-state index is 0.866. The maximum atomic E-state index is 6.01. The summed E-state index contributed by atoms with van der Waals surface area (Å²) in [6, 6.07) is 16.5. The van der Waals surface area contributed by atoms with Crippen molar-refractivity contribution >= 4 is 16.6 Å². The van der Waals surface area contributed by atoms with Crippen LogP contribution >= 0.6 is 0 Å². The van der Waals surface area contributed by atoms with E-state index in [4.69, 9.17) is 5.73 Å². The van der Waals surface area contributed by atoms with Gasteiger partial charge in [-0.3, -0.25) is 0 Å². The minimum Gasteiger partial charge on any atom is -0.398 e. The fourth-order valence-corrected chi connectivity index (χ4v) is 2.47. The van der Waals surface area contributed by atoms with Crippen LogP contribution in [0.25, 0.3) is 10.9 Å². The molecule has 1 aromatic heterocycles. The quantitative estimate of drug-likeness (QED) is 0.680. The van der Waals surface area contributed by atoms with Gasteiger partial charge < -0.3 is 10.3 Å². The molecule has 2 aromatic carbocycles. The third-order valence-electron chi connectivity index (χ3n) is 3.42. The predicted octanol–water partition coefficient (Wildman–Crippen LogP) is 3.35. The molecule has 2 heteroatoms. The van der Waals surface area contributed by atoms with E-state index >= 15 is 0 Å². The molecule has 0 bridgehead atoms. The second-order valence-corrected chi connectivity index (χ2v) is 4.66. The van der Waals surface area contributed by atoms with E-state index in [2.05, 4.69) is 48.1 Å². The van der Waals surface area contributed by atoms with Gasteiger partial charge in [0.1, 0.15) is 0 Å². The van der Waals surface area contributed by atoms with Gasteiger partial charge in [0.15, 0.2) is 0 Å². The van der Waals surface area contributed by atoms with Crippen molar-refractivity contribution in [2.24, 2.45) is 7.05 Å². The fourth-order valence-electron chi connectivity index (χ4n) is 2.47. The topological polar surface area (TPSA) is 30.9 Å². The van der Waals surface area contributed by atoms with Crippen LogP contribution in [0.15, 0.2) is 54.7 Å². The summed E-state index contributed by atoms with van der Waals surface area (Å²) in [6.07, 6.45) is 3.07. The average Bonchev–Trinajstić information content (AvgIpc) is 2.70. The molecule has 18 heavy (non-hydrogen) atoms. The average molecular weight is 236 g/mol. The van der Waals surface area contributed by atoms with E-state index in [9.17, 15) is 0 Å². The van der Waals surface area contributed by atoms with Gasteiger partial charge in [0, 0.05) is 36.3 Å². The molecular formula is C16H16N2. The second-order valence-electron chi connectivity index (χ2n) is 4.66. The number of nitrogen functional groups attached to an aromatic ring is 1. The van der Waals surface area contributed by atoms with Crippen molar-refractivity contribution in [2.75, 3.05) is 5.73 Å². The number of aromatic nitrogens is 1. The lowest BCUT2D eigenvalue weighted by Crippen LogP contribution is -1.94. The first-order valence-corrected chi connectivity index (χ1v) is 6.12. The summed E-state index contributed by atoms with van der Waals surface area (Å²) in [7, 11) is 2.08. The molecule has 0 spiro atoms. The van der Waals surface area contributed by atoms with Crippen molar-refractivity contribution in [3.05, 3.63) is 65.9 Å². The maximum Gasteiger partial charge on any atom is 0.0480 e. The van der Waals surface area contributed by atoms with Crippen LogP contribution < -0.4 is 5.73 Å². The van der Waals surface area contributed by atoms with E-state index in [0.717, 1.165) is 12.1 Å². The van der Waals surface area contributed by atoms with E-state index in [0.29, 0.717) is 0 Å². The lowest BCUT2D eigenvalue weighted by molar-refractivity contribution is 0.958. The SMILES string of the molecule is Cn1cc(Cc2ccccc2N)c2ccccc21. The predicted molar refractivity (Wildman–Crippen MR) is 76.6 cm³/mol. The lowest BCUT2D eigenvalue weighted by Gasteiger charge is -2.04. The number of nitrogens with two attached hydrogens (primary N) is 1. The minimum atomic E-state index is 0.866. The van der Waals surface area contributed by atoms with Gasteiger partial charge >= 0.3 is 0 Å². The van der Waals surface area contributed by atoms with Gasteiger partial charge in [-0.25, -0.2) is 0 Å². The van der Waals surface area contributed by atoms with Gasteiger partial charge in [-0.15, -0.1) is 0 Å². The number of rotatable bonds is 2. The van der Waals surface area contributed by atoms with Crippen molar-refractivity contribution in [2.45, 2.75) is 6.42 Å². The zero-order valence-corrected chi connectivity index (χ0v) is 10.4. The third-order valence-corrected chi connectivity index (χ3v) is 3.42. The van der Waals surface area contributed by atoms with E-state index in [-0.39, 0.29) is 0 Å². The molecule has 0 saturated carbocycles. The van der Waals surface area contributed by atoms with Gasteiger partial charge in [-0.1, -0.05) is 36.4 Å². The van der Waals surface area contributed by atoms with Gasteiger partial charge in [0.05, 0.1) is 0 Å². The van der Waals surface area contributed by atoms with Gasteiger partial charge in [0.25, 0.3) is 0 Å². The van der Waals surface area contributed by atoms with Gasteiger partial charge in [0.2, 0.25) is 0 Å². The van der Waals surface area contributed by atoms with Gasteiger partial charge in [-0.05, 0) is 23.3 Å². The highest BCUT2D eigenvalue weighted by atomic mass is 14.9. The molecule has 90 valence electrons. The first-order valence-electron chi connectivity index (χ1n) is 6.12. The Labute approximate surface area is 107 Å². The number of anilines is 1. The summed E-state index contributed by atoms with van der Waals surface area (Å²) in [4.78, 5) is 0. The molecule has 0 aliphatic rings. The summed E-state index contributed by atoms with van der Waals surface area (Å²) in [5.74, 6) is 0. The number of benzene rings is 2. The maximum absolute atomic E-state index is 6.01. The highest BCUT2D eigenvalue weighted by molar-refractivity contribution is 5.84. The fraction of sp³-hybridized carbons (Fsp3) is 0.125. The molecule has 0 amide bonds. The number of hydrogen-bond donors (Lipinski definition) is 1. The first kappa shape index (κ1) is 10.9. The summed E-state index contributed by atoms with van der Waals surface area (Å²) < 4.78 is 2.17. The Morgan fingerprint density at radius 3 is 2.50 bits per heavy atom. The number of hydrogen-bond acceptors (Lipinski definition) is 1. The number of para-hydroxylation sites is 2. The Hall–Kier alpha value is -2.22. The van der Waals surface area contributed by atoms with Crippen LogP contribution in [0.4, 0.5) is 5.69 Å². The summed E-state index contributed by atoms with van der Waals surface area (Å²) in [5, 5.41) is 1.31. The molecular weight excluding hydrogens is 220 g/mol. The van der Waals surface area contributed by atoms with Crippen LogP contribution in [0.2, 0.25) is 0 Å². The summed E-state index contributed by atoms with van der Waals surface area (Å²) >= 11 is 0. The van der Waals surface area contributed by atoms with Crippen molar-refractivity contribution in [3.63, 3.8) is 0 Å². The third kappa shape index (κ3) is 1.76. The van der Waals surface area contributed by atoms with Crippen LogP contribution in [-0.2, 0) is 13.5 Å². The molecule has 0 unspecified atom stereocenters. The molecule has 0 fully saturated rings. The second kappa shape index (κ2) is 4.22. The van der Waals surface area contributed by atoms with Crippen LogP contribution in [0.3, 0.4) is 0 Å². The van der Waals surface area contributed by atoms with Crippen LogP contribution in [0.5, 0.6) is 0 Å². The van der Waals surface area contributed by atoms with Crippen LogP contribution in [0, 0.1) is 0 Å². The Kier molecular flexibility index (Phi) is 2.56. The first-order chi connectivity index (χ1) is 8.75. The Morgan fingerprint density at radius 1 is 0.944 bits per heavy atom. The van der Waals surface area contributed by atoms with Crippen molar-refractivity contribution in [3.8, 4) is 0 Å².